The molecule has 0 spiro atoms. The molecule has 1 aromatic carbocycles. The molecular formula is C13H13N5O2. The topological polar surface area (TPSA) is 89.7 Å². The Morgan fingerprint density at radius 2 is 2.00 bits per heavy atom. The maximum atomic E-state index is 10.7. The second-order valence-electron chi connectivity index (χ2n) is 4.57. The van der Waals surface area contributed by atoms with Crippen molar-refractivity contribution in [3.05, 3.63) is 52.3 Å². The van der Waals surface area contributed by atoms with E-state index in [1.807, 2.05) is 29.0 Å². The van der Waals surface area contributed by atoms with Gasteiger partial charge in [0, 0.05) is 30.9 Å². The third-order valence-corrected chi connectivity index (χ3v) is 3.31. The molecule has 0 saturated heterocycles. The minimum absolute atomic E-state index is 0.0700. The highest BCUT2D eigenvalue weighted by Gasteiger charge is 2.20. The Bertz CT molecular complexity index is 702. The van der Waals surface area contributed by atoms with Gasteiger partial charge < -0.3 is 5.73 Å². The number of nitrogens with zero attached hydrogens (tertiary/aromatic N) is 4. The summed E-state index contributed by atoms with van der Waals surface area (Å²) < 4.78 is 1.93. The average molecular weight is 271 g/mol. The molecule has 7 nitrogen and oxygen atoms in total. The molecule has 3 rings (SSSR count). The number of nitro groups is 1. The molecule has 0 unspecified atom stereocenters. The van der Waals surface area contributed by atoms with Crippen LogP contribution in [0, 0.1) is 10.1 Å². The molecule has 1 aliphatic rings. The quantitative estimate of drug-likeness (QED) is 0.658. The number of hydrogen-bond donors (Lipinski definition) is 1. The predicted molar refractivity (Wildman–Crippen MR) is 76.3 cm³/mol. The summed E-state index contributed by atoms with van der Waals surface area (Å²) in [4.78, 5) is 14.5. The minimum Gasteiger partial charge on any atom is -0.382 e. The fourth-order valence-electron chi connectivity index (χ4n) is 2.28. The summed E-state index contributed by atoms with van der Waals surface area (Å²) in [6, 6.07) is 8.34. The van der Waals surface area contributed by atoms with Crippen LogP contribution in [-0.2, 0) is 0 Å². The van der Waals surface area contributed by atoms with Crippen LogP contribution in [0.1, 0.15) is 5.69 Å². The Balaban J connectivity index is 2.08. The Labute approximate surface area is 115 Å². The first-order valence-corrected chi connectivity index (χ1v) is 6.06. The smallest absolute Gasteiger partial charge is 0.269 e. The van der Waals surface area contributed by atoms with Gasteiger partial charge in [0.15, 0.2) is 0 Å². The van der Waals surface area contributed by atoms with Crippen molar-refractivity contribution in [3.8, 4) is 11.1 Å². The van der Waals surface area contributed by atoms with Crippen LogP contribution in [0.4, 0.5) is 5.69 Å². The Morgan fingerprint density at radius 1 is 1.30 bits per heavy atom. The largest absolute Gasteiger partial charge is 0.382 e. The first-order valence-electron chi connectivity index (χ1n) is 6.06. The van der Waals surface area contributed by atoms with E-state index in [-0.39, 0.29) is 5.69 Å². The minimum atomic E-state index is -0.414. The van der Waals surface area contributed by atoms with E-state index < -0.39 is 4.92 Å². The number of nitro benzene ring substituents is 1. The highest BCUT2D eigenvalue weighted by atomic mass is 16.6. The number of aromatic nitrogens is 1. The van der Waals surface area contributed by atoms with Crippen molar-refractivity contribution in [1.82, 2.24) is 4.68 Å². The van der Waals surface area contributed by atoms with Gasteiger partial charge in [-0.25, -0.2) is 4.99 Å². The monoisotopic (exact) mass is 271 g/mol. The molecule has 0 aliphatic carbocycles. The lowest BCUT2D eigenvalue weighted by Crippen LogP contribution is -2.39. The van der Waals surface area contributed by atoms with Crippen molar-refractivity contribution in [3.63, 3.8) is 0 Å². The third-order valence-electron chi connectivity index (χ3n) is 3.31. The van der Waals surface area contributed by atoms with Gasteiger partial charge in [0.25, 0.3) is 5.69 Å². The number of amidine groups is 1. The molecule has 7 heteroatoms. The summed E-state index contributed by atoms with van der Waals surface area (Å²) in [6.07, 6.45) is 1.91. The molecule has 102 valence electrons. The summed E-state index contributed by atoms with van der Waals surface area (Å²) in [5.41, 5.74) is 8.63. The van der Waals surface area contributed by atoms with Gasteiger partial charge >= 0.3 is 0 Å². The summed E-state index contributed by atoms with van der Waals surface area (Å²) in [7, 11) is 1.92. The van der Waals surface area contributed by atoms with Crippen molar-refractivity contribution >= 4 is 11.5 Å². The van der Waals surface area contributed by atoms with Crippen LogP contribution in [-0.4, -0.2) is 29.2 Å². The molecule has 2 aromatic rings. The third kappa shape index (κ3) is 1.80. The fourth-order valence-corrected chi connectivity index (χ4v) is 2.28. The SMILES string of the molecule is CN1CN=C(N)c2c(-c3ccc([N+](=O)[O-])cc3)ccn21. The van der Waals surface area contributed by atoms with E-state index in [4.69, 9.17) is 5.73 Å². The molecule has 20 heavy (non-hydrogen) atoms. The average Bonchev–Trinajstić information content (AvgIpc) is 2.89. The molecule has 1 aliphatic heterocycles. The van der Waals surface area contributed by atoms with E-state index in [0.717, 1.165) is 16.8 Å². The first-order chi connectivity index (χ1) is 9.58. The maximum Gasteiger partial charge on any atom is 0.269 e. The number of hydrogen-bond acceptors (Lipinski definition) is 5. The van der Waals surface area contributed by atoms with Gasteiger partial charge in [-0.05, 0) is 23.8 Å². The normalized spacial score (nSPS) is 13.8. The van der Waals surface area contributed by atoms with Crippen molar-refractivity contribution < 1.29 is 4.92 Å². The predicted octanol–water partition coefficient (Wildman–Crippen LogP) is 1.31. The summed E-state index contributed by atoms with van der Waals surface area (Å²) >= 11 is 0. The van der Waals surface area contributed by atoms with Gasteiger partial charge in [0.1, 0.15) is 18.2 Å². The van der Waals surface area contributed by atoms with Crippen LogP contribution < -0.4 is 10.7 Å². The standard InChI is InChI=1S/C13H13N5O2/c1-16-8-15-13(14)12-11(6-7-17(12)16)9-2-4-10(5-3-9)18(19)20/h2-7H,8H2,1H3,(H2,14,15). The van der Waals surface area contributed by atoms with Crippen molar-refractivity contribution in [2.75, 3.05) is 18.7 Å². The highest BCUT2D eigenvalue weighted by Crippen LogP contribution is 2.27. The molecule has 0 bridgehead atoms. The van der Waals surface area contributed by atoms with E-state index in [1.165, 1.54) is 12.1 Å². The van der Waals surface area contributed by atoms with E-state index in [1.54, 1.807) is 12.1 Å². The van der Waals surface area contributed by atoms with Gasteiger partial charge in [-0.15, -0.1) is 0 Å². The van der Waals surface area contributed by atoms with Crippen LogP contribution in [0.5, 0.6) is 0 Å². The number of benzene rings is 1. The molecule has 0 fully saturated rings. The van der Waals surface area contributed by atoms with E-state index in [2.05, 4.69) is 4.99 Å². The Kier molecular flexibility index (Phi) is 2.67. The van der Waals surface area contributed by atoms with Gasteiger partial charge in [-0.2, -0.15) is 0 Å². The molecule has 0 radical (unpaired) electrons. The van der Waals surface area contributed by atoms with Gasteiger partial charge in [0.05, 0.1) is 4.92 Å². The van der Waals surface area contributed by atoms with E-state index in [9.17, 15) is 10.1 Å². The van der Waals surface area contributed by atoms with Crippen molar-refractivity contribution in [2.24, 2.45) is 10.7 Å². The lowest BCUT2D eigenvalue weighted by atomic mass is 10.1. The van der Waals surface area contributed by atoms with E-state index >= 15 is 0 Å². The highest BCUT2D eigenvalue weighted by molar-refractivity contribution is 6.03. The number of non-ortho nitro benzene ring substituents is 1. The molecular weight excluding hydrogens is 258 g/mol. The Hall–Kier alpha value is -2.83. The number of nitrogens with two attached hydrogens (primary N) is 1. The van der Waals surface area contributed by atoms with Crippen molar-refractivity contribution in [2.45, 2.75) is 0 Å². The van der Waals surface area contributed by atoms with Gasteiger partial charge in [-0.3, -0.25) is 19.8 Å². The molecule has 0 saturated carbocycles. The summed E-state index contributed by atoms with van der Waals surface area (Å²) in [6.45, 7) is 0.507. The van der Waals surface area contributed by atoms with Crippen LogP contribution in [0.3, 0.4) is 0 Å². The lowest BCUT2D eigenvalue weighted by Gasteiger charge is -2.26. The second kappa shape index (κ2) is 4.37. The zero-order valence-corrected chi connectivity index (χ0v) is 10.9. The maximum absolute atomic E-state index is 10.7. The van der Waals surface area contributed by atoms with Gasteiger partial charge in [-0.1, -0.05) is 0 Å². The number of rotatable bonds is 2. The molecule has 0 amide bonds. The lowest BCUT2D eigenvalue weighted by molar-refractivity contribution is -0.384. The summed E-state index contributed by atoms with van der Waals surface area (Å²) in [5.74, 6) is 0.474. The zero-order valence-electron chi connectivity index (χ0n) is 10.9. The van der Waals surface area contributed by atoms with Gasteiger partial charge in [0.2, 0.25) is 0 Å². The zero-order chi connectivity index (χ0) is 14.3. The molecule has 2 heterocycles. The van der Waals surface area contributed by atoms with Crippen LogP contribution in [0.15, 0.2) is 41.5 Å². The van der Waals surface area contributed by atoms with Crippen LogP contribution in [0.2, 0.25) is 0 Å². The van der Waals surface area contributed by atoms with Crippen LogP contribution in [0.25, 0.3) is 11.1 Å². The van der Waals surface area contributed by atoms with E-state index in [0.29, 0.717) is 12.5 Å². The van der Waals surface area contributed by atoms with Crippen LogP contribution >= 0.6 is 0 Å². The number of aliphatic imine (C=N–C) groups is 1. The number of fused-ring (bicyclic) bond motifs is 1. The second-order valence-corrected chi connectivity index (χ2v) is 4.57. The molecule has 1 aromatic heterocycles. The fraction of sp³-hybridized carbons (Fsp3) is 0.154. The summed E-state index contributed by atoms with van der Waals surface area (Å²) in [5, 5.41) is 12.6. The Morgan fingerprint density at radius 3 is 2.65 bits per heavy atom. The first kappa shape index (κ1) is 12.2. The molecule has 2 N–H and O–H groups in total. The molecule has 0 atom stereocenters. The van der Waals surface area contributed by atoms with Crippen molar-refractivity contribution in [1.29, 1.82) is 0 Å².